The number of hydrogen-bond acceptors (Lipinski definition) is 7. The maximum absolute atomic E-state index is 12.5. The summed E-state index contributed by atoms with van der Waals surface area (Å²) in [5, 5.41) is 17.0. The van der Waals surface area contributed by atoms with Gasteiger partial charge in [-0.25, -0.2) is 13.6 Å². The van der Waals surface area contributed by atoms with Crippen LogP contribution in [0.25, 0.3) is 17.1 Å². The zero-order chi connectivity index (χ0) is 23.4. The second kappa shape index (κ2) is 9.83. The summed E-state index contributed by atoms with van der Waals surface area (Å²) in [6, 6.07) is 17.0. The number of thioether (sulfide) groups is 1. The van der Waals surface area contributed by atoms with Gasteiger partial charge in [-0.15, -0.1) is 10.2 Å². The number of benzene rings is 2. The minimum absolute atomic E-state index is 0.0274. The highest BCUT2D eigenvalue weighted by molar-refractivity contribution is 9.10. The fraction of sp³-hybridized carbons (Fsp3) is 0.0476. The molecule has 2 aromatic carbocycles. The van der Waals surface area contributed by atoms with E-state index in [0.29, 0.717) is 16.7 Å². The van der Waals surface area contributed by atoms with Crippen LogP contribution in [0.15, 0.2) is 87.6 Å². The fourth-order valence-corrected chi connectivity index (χ4v) is 4.46. The minimum Gasteiger partial charge on any atom is -0.325 e. The van der Waals surface area contributed by atoms with Crippen molar-refractivity contribution in [3.05, 3.63) is 77.5 Å². The molecule has 0 atom stereocenters. The van der Waals surface area contributed by atoms with Crippen LogP contribution in [-0.4, -0.2) is 39.8 Å². The van der Waals surface area contributed by atoms with Crippen LogP contribution >= 0.6 is 27.7 Å². The largest absolute Gasteiger partial charge is 0.325 e. The molecule has 0 saturated carbocycles. The number of nitrogens with zero attached hydrogens (tertiary/aromatic N) is 4. The van der Waals surface area contributed by atoms with E-state index in [0.717, 1.165) is 15.7 Å². The van der Waals surface area contributed by atoms with Crippen molar-refractivity contribution in [3.8, 4) is 17.1 Å². The second-order valence-electron chi connectivity index (χ2n) is 6.77. The Morgan fingerprint density at radius 2 is 1.79 bits per heavy atom. The van der Waals surface area contributed by atoms with Gasteiger partial charge in [0, 0.05) is 33.8 Å². The van der Waals surface area contributed by atoms with E-state index in [1.54, 1.807) is 12.4 Å². The summed E-state index contributed by atoms with van der Waals surface area (Å²) in [6.45, 7) is 0. The van der Waals surface area contributed by atoms with Crippen LogP contribution in [0.1, 0.15) is 0 Å². The van der Waals surface area contributed by atoms with Crippen molar-refractivity contribution in [3.63, 3.8) is 0 Å². The number of nitrogens with two attached hydrogens (primary N) is 1. The maximum atomic E-state index is 12.5. The number of primary sulfonamides is 1. The highest BCUT2D eigenvalue weighted by atomic mass is 79.9. The van der Waals surface area contributed by atoms with Crippen LogP contribution in [0, 0.1) is 0 Å². The molecule has 1 amide bonds. The van der Waals surface area contributed by atoms with E-state index in [2.05, 4.69) is 36.4 Å². The molecule has 0 aliphatic carbocycles. The Morgan fingerprint density at radius 3 is 2.42 bits per heavy atom. The Morgan fingerprint density at radius 1 is 1.06 bits per heavy atom. The van der Waals surface area contributed by atoms with Crippen LogP contribution in [-0.2, 0) is 14.8 Å². The molecule has 2 aromatic heterocycles. The molecule has 0 saturated heterocycles. The molecule has 4 rings (SSSR count). The molecule has 0 aliphatic rings. The van der Waals surface area contributed by atoms with Crippen LogP contribution in [0.3, 0.4) is 0 Å². The number of rotatable bonds is 7. The number of aromatic nitrogens is 4. The number of anilines is 1. The summed E-state index contributed by atoms with van der Waals surface area (Å²) in [4.78, 5) is 16.6. The molecule has 0 spiro atoms. The average molecular weight is 545 g/mol. The zero-order valence-corrected chi connectivity index (χ0v) is 20.1. The van der Waals surface area contributed by atoms with Crippen molar-refractivity contribution in [2.75, 3.05) is 11.1 Å². The molecule has 2 heterocycles. The number of carbonyl (C=O) groups excluding carboxylic acids is 1. The third-order valence-corrected chi connectivity index (χ3v) is 6.82. The first-order valence-electron chi connectivity index (χ1n) is 9.48. The van der Waals surface area contributed by atoms with Crippen LogP contribution in [0.5, 0.6) is 0 Å². The van der Waals surface area contributed by atoms with E-state index in [-0.39, 0.29) is 16.6 Å². The number of hydrogen-bond donors (Lipinski definition) is 2. The van der Waals surface area contributed by atoms with Gasteiger partial charge in [0.25, 0.3) is 0 Å². The van der Waals surface area contributed by atoms with Gasteiger partial charge in [0.1, 0.15) is 0 Å². The van der Waals surface area contributed by atoms with Gasteiger partial charge in [-0.2, -0.15) is 0 Å². The van der Waals surface area contributed by atoms with Gasteiger partial charge in [-0.1, -0.05) is 27.7 Å². The Bertz CT molecular complexity index is 1380. The van der Waals surface area contributed by atoms with E-state index in [4.69, 9.17) is 5.14 Å². The lowest BCUT2D eigenvalue weighted by atomic mass is 10.2. The topological polar surface area (TPSA) is 133 Å². The molecular weight excluding hydrogens is 528 g/mol. The number of carbonyl (C=O) groups is 1. The van der Waals surface area contributed by atoms with Crippen LogP contribution < -0.4 is 10.5 Å². The molecule has 4 aromatic rings. The van der Waals surface area contributed by atoms with Gasteiger partial charge in [0.05, 0.1) is 10.6 Å². The van der Waals surface area contributed by atoms with Crippen molar-refractivity contribution in [2.24, 2.45) is 5.14 Å². The third-order valence-electron chi connectivity index (χ3n) is 4.44. The highest BCUT2D eigenvalue weighted by Gasteiger charge is 2.18. The molecule has 0 bridgehead atoms. The summed E-state index contributed by atoms with van der Waals surface area (Å²) in [5.74, 6) is 0.391. The van der Waals surface area contributed by atoms with Crippen molar-refractivity contribution >= 4 is 49.3 Å². The van der Waals surface area contributed by atoms with E-state index >= 15 is 0 Å². The van der Waals surface area contributed by atoms with Crippen molar-refractivity contribution < 1.29 is 13.2 Å². The molecule has 0 aliphatic heterocycles. The monoisotopic (exact) mass is 544 g/mol. The lowest BCUT2D eigenvalue weighted by Gasteiger charge is -2.11. The van der Waals surface area contributed by atoms with Crippen molar-refractivity contribution in [2.45, 2.75) is 10.1 Å². The number of sulfonamides is 1. The molecule has 12 heteroatoms. The first-order valence-corrected chi connectivity index (χ1v) is 12.8. The number of amides is 1. The quantitative estimate of drug-likeness (QED) is 0.340. The number of nitrogens with one attached hydrogen (secondary N) is 1. The van der Waals surface area contributed by atoms with Crippen molar-refractivity contribution in [1.82, 2.24) is 19.7 Å². The van der Waals surface area contributed by atoms with Gasteiger partial charge in [-0.05, 0) is 60.7 Å². The summed E-state index contributed by atoms with van der Waals surface area (Å²) in [7, 11) is -3.79. The first kappa shape index (κ1) is 23.1. The standard InChI is InChI=1S/C21H17BrN6O3S2/c22-15-3-7-17(8-4-15)28-20(14-2-1-11-24-12-14)26-27-21(28)32-13-19(29)25-16-5-9-18(10-6-16)33(23,30)31/h1-12H,13H2,(H,25,29)(H2,23,30,31). The second-order valence-corrected chi connectivity index (χ2v) is 10.2. The lowest BCUT2D eigenvalue weighted by molar-refractivity contribution is -0.113. The van der Waals surface area contributed by atoms with Crippen LogP contribution in [0.2, 0.25) is 0 Å². The number of halogens is 1. The highest BCUT2D eigenvalue weighted by Crippen LogP contribution is 2.28. The van der Waals surface area contributed by atoms with E-state index in [9.17, 15) is 13.2 Å². The smallest absolute Gasteiger partial charge is 0.238 e. The Kier molecular flexibility index (Phi) is 6.88. The molecule has 9 nitrogen and oxygen atoms in total. The summed E-state index contributed by atoms with van der Waals surface area (Å²) in [5.41, 5.74) is 2.08. The zero-order valence-electron chi connectivity index (χ0n) is 16.9. The Balaban J connectivity index is 1.54. The SMILES string of the molecule is NS(=O)(=O)c1ccc(NC(=O)CSc2nnc(-c3cccnc3)n2-c2ccc(Br)cc2)cc1. The normalized spacial score (nSPS) is 11.3. The number of pyridine rings is 1. The molecule has 0 fully saturated rings. The van der Waals surface area contributed by atoms with Crippen molar-refractivity contribution in [1.29, 1.82) is 0 Å². The summed E-state index contributed by atoms with van der Waals surface area (Å²) < 4.78 is 25.5. The van der Waals surface area contributed by atoms with Gasteiger partial charge in [0.15, 0.2) is 11.0 Å². The van der Waals surface area contributed by atoms with E-state index in [1.165, 1.54) is 36.0 Å². The first-order chi connectivity index (χ1) is 15.8. The van der Waals surface area contributed by atoms with E-state index < -0.39 is 10.0 Å². The van der Waals surface area contributed by atoms with Gasteiger partial charge in [-0.3, -0.25) is 14.3 Å². The van der Waals surface area contributed by atoms with Gasteiger partial charge in [0.2, 0.25) is 15.9 Å². The molecule has 0 radical (unpaired) electrons. The van der Waals surface area contributed by atoms with Crippen LogP contribution in [0.4, 0.5) is 5.69 Å². The molecule has 33 heavy (non-hydrogen) atoms. The third kappa shape index (κ3) is 5.66. The fourth-order valence-electron chi connectivity index (χ4n) is 2.92. The van der Waals surface area contributed by atoms with Gasteiger partial charge >= 0.3 is 0 Å². The lowest BCUT2D eigenvalue weighted by Crippen LogP contribution is -2.15. The average Bonchev–Trinajstić information content (AvgIpc) is 3.22. The molecular formula is C21H17BrN6O3S2. The Labute approximate surface area is 202 Å². The Hall–Kier alpha value is -3.06. The maximum Gasteiger partial charge on any atom is 0.238 e. The van der Waals surface area contributed by atoms with E-state index in [1.807, 2.05) is 41.0 Å². The minimum atomic E-state index is -3.79. The molecule has 168 valence electrons. The van der Waals surface area contributed by atoms with Gasteiger partial charge < -0.3 is 5.32 Å². The molecule has 3 N–H and O–H groups in total. The molecule has 0 unspecified atom stereocenters. The summed E-state index contributed by atoms with van der Waals surface area (Å²) >= 11 is 4.66. The summed E-state index contributed by atoms with van der Waals surface area (Å²) in [6.07, 6.45) is 3.38. The predicted molar refractivity (Wildman–Crippen MR) is 129 cm³/mol. The predicted octanol–water partition coefficient (Wildman–Crippen LogP) is 3.47.